The molecule has 19 heavy (non-hydrogen) atoms. The van der Waals surface area contributed by atoms with E-state index in [0.29, 0.717) is 24.1 Å². The number of nitrogens with zero attached hydrogens (tertiary/aromatic N) is 1. The van der Waals surface area contributed by atoms with Gasteiger partial charge in [-0.2, -0.15) is 0 Å². The first-order valence-corrected chi connectivity index (χ1v) is 6.06. The van der Waals surface area contributed by atoms with Crippen molar-refractivity contribution in [3.8, 4) is 0 Å². The van der Waals surface area contributed by atoms with Gasteiger partial charge in [0.2, 0.25) is 0 Å². The van der Waals surface area contributed by atoms with Crippen molar-refractivity contribution in [3.05, 3.63) is 33.9 Å². The zero-order valence-corrected chi connectivity index (χ0v) is 10.6. The normalized spacial score (nSPS) is 20.7. The van der Waals surface area contributed by atoms with E-state index in [4.69, 9.17) is 5.84 Å². The number of nitrogens with one attached hydrogen (secondary N) is 2. The van der Waals surface area contributed by atoms with Crippen molar-refractivity contribution < 1.29 is 9.72 Å². The maximum absolute atomic E-state index is 12.0. The molecular formula is C12H16N4O3. The molecule has 0 aliphatic heterocycles. The number of nitrogens with two attached hydrogens (primary N) is 1. The summed E-state index contributed by atoms with van der Waals surface area (Å²) >= 11 is 0. The molecule has 0 saturated heterocycles. The van der Waals surface area contributed by atoms with Crippen molar-refractivity contribution in [3.63, 3.8) is 0 Å². The van der Waals surface area contributed by atoms with Crippen molar-refractivity contribution in [2.45, 2.75) is 13.3 Å². The molecule has 2 rings (SSSR count). The smallest absolute Gasteiger partial charge is 0.282 e. The van der Waals surface area contributed by atoms with Gasteiger partial charge in [-0.15, -0.1) is 0 Å². The summed E-state index contributed by atoms with van der Waals surface area (Å²) in [4.78, 5) is 22.3. The van der Waals surface area contributed by atoms with Gasteiger partial charge in [0.05, 0.1) is 4.92 Å². The van der Waals surface area contributed by atoms with Crippen LogP contribution in [0.3, 0.4) is 0 Å². The number of amides is 1. The van der Waals surface area contributed by atoms with Crippen LogP contribution < -0.4 is 16.6 Å². The van der Waals surface area contributed by atoms with E-state index in [2.05, 4.69) is 17.7 Å². The zero-order valence-electron chi connectivity index (χ0n) is 10.6. The molecule has 2 unspecified atom stereocenters. The third-order valence-corrected chi connectivity index (χ3v) is 3.41. The number of nitrogen functional groups attached to an aromatic ring is 1. The summed E-state index contributed by atoms with van der Waals surface area (Å²) in [6, 6.07) is 4.10. The summed E-state index contributed by atoms with van der Waals surface area (Å²) in [6.07, 6.45) is 1.09. The molecule has 1 aliphatic carbocycles. The Bertz CT molecular complexity index is 518. The third kappa shape index (κ3) is 3.00. The van der Waals surface area contributed by atoms with E-state index in [1.807, 2.05) is 0 Å². The lowest BCUT2D eigenvalue weighted by molar-refractivity contribution is -0.385. The minimum absolute atomic E-state index is 0.0220. The van der Waals surface area contributed by atoms with E-state index in [1.54, 1.807) is 0 Å². The molecule has 0 spiro atoms. The van der Waals surface area contributed by atoms with Crippen molar-refractivity contribution in [2.75, 3.05) is 12.0 Å². The number of nitro benzene ring substituents is 1. The standard InChI is InChI=1S/C12H16N4O3/c1-7-4-8(7)6-14-12(17)10-5-9(15-13)2-3-11(10)16(18)19/h2-3,5,7-8,15H,4,6,13H2,1H3,(H,14,17). The van der Waals surface area contributed by atoms with Gasteiger partial charge in [0.1, 0.15) is 5.56 Å². The maximum atomic E-state index is 12.0. The van der Waals surface area contributed by atoms with Gasteiger partial charge in [0.15, 0.2) is 0 Å². The summed E-state index contributed by atoms with van der Waals surface area (Å²) in [5.74, 6) is 5.91. The molecule has 1 aliphatic rings. The lowest BCUT2D eigenvalue weighted by Crippen LogP contribution is -2.26. The van der Waals surface area contributed by atoms with E-state index >= 15 is 0 Å². The van der Waals surface area contributed by atoms with Crippen LogP contribution in [0.25, 0.3) is 0 Å². The molecule has 1 saturated carbocycles. The van der Waals surface area contributed by atoms with Crippen LogP contribution in [0.2, 0.25) is 0 Å². The van der Waals surface area contributed by atoms with E-state index in [1.165, 1.54) is 18.2 Å². The molecule has 0 heterocycles. The number of anilines is 1. The maximum Gasteiger partial charge on any atom is 0.282 e. The average Bonchev–Trinajstić information content (AvgIpc) is 3.11. The fourth-order valence-corrected chi connectivity index (χ4v) is 1.97. The Morgan fingerprint density at radius 2 is 2.26 bits per heavy atom. The zero-order chi connectivity index (χ0) is 14.0. The highest BCUT2D eigenvalue weighted by atomic mass is 16.6. The number of carbonyl (C=O) groups is 1. The van der Waals surface area contributed by atoms with Crippen molar-refractivity contribution in [2.24, 2.45) is 17.7 Å². The summed E-state index contributed by atoms with van der Waals surface area (Å²) in [6.45, 7) is 2.66. The molecule has 7 nitrogen and oxygen atoms in total. The molecule has 1 fully saturated rings. The molecule has 2 atom stereocenters. The highest BCUT2D eigenvalue weighted by Crippen LogP contribution is 2.36. The Morgan fingerprint density at radius 1 is 1.58 bits per heavy atom. The van der Waals surface area contributed by atoms with Gasteiger partial charge in [-0.3, -0.25) is 20.8 Å². The first-order valence-electron chi connectivity index (χ1n) is 6.06. The lowest BCUT2D eigenvalue weighted by atomic mass is 10.1. The molecule has 1 aromatic carbocycles. The largest absolute Gasteiger partial charge is 0.352 e. The quantitative estimate of drug-likeness (QED) is 0.421. The van der Waals surface area contributed by atoms with Crippen molar-refractivity contribution >= 4 is 17.3 Å². The fourth-order valence-electron chi connectivity index (χ4n) is 1.97. The van der Waals surface area contributed by atoms with Crippen LogP contribution >= 0.6 is 0 Å². The second kappa shape index (κ2) is 5.23. The van der Waals surface area contributed by atoms with Crippen LogP contribution in [-0.4, -0.2) is 17.4 Å². The van der Waals surface area contributed by atoms with Gasteiger partial charge >= 0.3 is 0 Å². The summed E-state index contributed by atoms with van der Waals surface area (Å²) in [5.41, 5.74) is 2.62. The Hall–Kier alpha value is -2.15. The van der Waals surface area contributed by atoms with Gasteiger partial charge < -0.3 is 10.7 Å². The summed E-state index contributed by atoms with van der Waals surface area (Å²) in [5, 5.41) is 13.6. The molecule has 0 aromatic heterocycles. The highest BCUT2D eigenvalue weighted by Gasteiger charge is 2.33. The predicted octanol–water partition coefficient (Wildman–Crippen LogP) is 1.27. The van der Waals surface area contributed by atoms with E-state index in [-0.39, 0.29) is 11.3 Å². The van der Waals surface area contributed by atoms with Crippen molar-refractivity contribution in [1.29, 1.82) is 0 Å². The second-order valence-electron chi connectivity index (χ2n) is 4.82. The van der Waals surface area contributed by atoms with E-state index in [0.717, 1.165) is 6.42 Å². The van der Waals surface area contributed by atoms with Crippen molar-refractivity contribution in [1.82, 2.24) is 5.32 Å². The van der Waals surface area contributed by atoms with Gasteiger partial charge in [-0.1, -0.05) is 6.92 Å². The minimum Gasteiger partial charge on any atom is -0.352 e. The van der Waals surface area contributed by atoms with Crippen LogP contribution in [-0.2, 0) is 0 Å². The number of hydrazine groups is 1. The van der Waals surface area contributed by atoms with E-state index < -0.39 is 10.8 Å². The van der Waals surface area contributed by atoms with E-state index in [9.17, 15) is 14.9 Å². The summed E-state index contributed by atoms with van der Waals surface area (Å²) < 4.78 is 0. The van der Waals surface area contributed by atoms with Crippen LogP contribution in [0.15, 0.2) is 18.2 Å². The molecule has 0 radical (unpaired) electrons. The van der Waals surface area contributed by atoms with Gasteiger partial charge in [0.25, 0.3) is 11.6 Å². The SMILES string of the molecule is CC1CC1CNC(=O)c1cc(NN)ccc1[N+](=O)[O-]. The monoisotopic (exact) mass is 264 g/mol. The number of nitro groups is 1. The molecule has 0 bridgehead atoms. The number of rotatable bonds is 5. The lowest BCUT2D eigenvalue weighted by Gasteiger charge is -2.07. The predicted molar refractivity (Wildman–Crippen MR) is 70.5 cm³/mol. The topological polar surface area (TPSA) is 110 Å². The average molecular weight is 264 g/mol. The number of hydrogen-bond acceptors (Lipinski definition) is 5. The number of carbonyl (C=O) groups excluding carboxylic acids is 1. The molecule has 4 N–H and O–H groups in total. The first-order chi connectivity index (χ1) is 9.02. The minimum atomic E-state index is -0.574. The molecule has 1 amide bonds. The Kier molecular flexibility index (Phi) is 3.66. The Balaban J connectivity index is 2.15. The Labute approximate surface area is 110 Å². The van der Waals surface area contributed by atoms with Crippen LogP contribution in [0, 0.1) is 22.0 Å². The summed E-state index contributed by atoms with van der Waals surface area (Å²) in [7, 11) is 0. The fraction of sp³-hybridized carbons (Fsp3) is 0.417. The van der Waals surface area contributed by atoms with Crippen LogP contribution in [0.5, 0.6) is 0 Å². The van der Waals surface area contributed by atoms with Gasteiger partial charge in [-0.05, 0) is 30.4 Å². The second-order valence-corrected chi connectivity index (χ2v) is 4.82. The first kappa shape index (κ1) is 13.3. The van der Waals surface area contributed by atoms with Gasteiger partial charge in [-0.25, -0.2) is 0 Å². The molecule has 1 aromatic rings. The number of benzene rings is 1. The van der Waals surface area contributed by atoms with Crippen LogP contribution in [0.4, 0.5) is 11.4 Å². The van der Waals surface area contributed by atoms with Gasteiger partial charge in [0, 0.05) is 18.3 Å². The highest BCUT2D eigenvalue weighted by molar-refractivity contribution is 5.99. The Morgan fingerprint density at radius 3 is 2.79 bits per heavy atom. The molecule has 102 valence electrons. The molecular weight excluding hydrogens is 248 g/mol. The van der Waals surface area contributed by atoms with Crippen LogP contribution in [0.1, 0.15) is 23.7 Å². The molecule has 7 heteroatoms. The third-order valence-electron chi connectivity index (χ3n) is 3.41. The number of hydrogen-bond donors (Lipinski definition) is 3.